The highest BCUT2D eigenvalue weighted by molar-refractivity contribution is 7.11. The first kappa shape index (κ1) is 20.2. The van der Waals surface area contributed by atoms with Gasteiger partial charge in [-0.25, -0.2) is 0 Å². The van der Waals surface area contributed by atoms with Gasteiger partial charge >= 0.3 is 0 Å². The maximum atomic E-state index is 5.54. The SMILES string of the molecule is COc1ccc(-c2noc(CN(Cc3ccco3)Cc3ccc(C)s3)n2)cc1OC. The fourth-order valence-corrected chi connectivity index (χ4v) is 4.12. The highest BCUT2D eigenvalue weighted by atomic mass is 32.1. The molecule has 7 nitrogen and oxygen atoms in total. The van der Waals surface area contributed by atoms with E-state index in [1.165, 1.54) is 9.75 Å². The van der Waals surface area contributed by atoms with Gasteiger partial charge in [0.15, 0.2) is 11.5 Å². The second kappa shape index (κ2) is 9.15. The van der Waals surface area contributed by atoms with Gasteiger partial charge in [0.25, 0.3) is 0 Å². The molecule has 3 aromatic heterocycles. The van der Waals surface area contributed by atoms with E-state index in [9.17, 15) is 0 Å². The average molecular weight is 426 g/mol. The van der Waals surface area contributed by atoms with Crippen LogP contribution < -0.4 is 9.47 Å². The first-order valence-electron chi connectivity index (χ1n) is 9.49. The number of rotatable bonds is 9. The number of thiophene rings is 1. The third kappa shape index (κ3) is 4.72. The summed E-state index contributed by atoms with van der Waals surface area (Å²) >= 11 is 1.78. The van der Waals surface area contributed by atoms with E-state index in [0.717, 1.165) is 17.9 Å². The van der Waals surface area contributed by atoms with E-state index >= 15 is 0 Å². The minimum Gasteiger partial charge on any atom is -0.493 e. The van der Waals surface area contributed by atoms with Crippen LogP contribution in [0.2, 0.25) is 0 Å². The molecule has 0 aliphatic rings. The number of nitrogens with zero attached hydrogens (tertiary/aromatic N) is 3. The molecule has 0 aliphatic carbocycles. The number of hydrogen-bond donors (Lipinski definition) is 0. The fourth-order valence-electron chi connectivity index (χ4n) is 3.18. The standard InChI is InChI=1S/C22H23N3O4S/c1-15-6-8-18(30-15)13-25(12-17-5-4-10-28-17)14-21-23-22(24-29-21)16-7-9-19(26-2)20(11-16)27-3/h4-11H,12-14H2,1-3H3. The molecule has 0 unspecified atom stereocenters. The van der Waals surface area contributed by atoms with E-state index < -0.39 is 0 Å². The highest BCUT2D eigenvalue weighted by Gasteiger charge is 2.17. The summed E-state index contributed by atoms with van der Waals surface area (Å²) < 4.78 is 21.7. The van der Waals surface area contributed by atoms with Crippen molar-refractivity contribution >= 4 is 11.3 Å². The molecular formula is C22H23N3O4S. The molecule has 0 aliphatic heterocycles. The second-order valence-electron chi connectivity index (χ2n) is 6.82. The van der Waals surface area contributed by atoms with Crippen molar-refractivity contribution in [2.45, 2.75) is 26.6 Å². The lowest BCUT2D eigenvalue weighted by atomic mass is 10.2. The molecule has 0 atom stereocenters. The molecule has 1 aromatic carbocycles. The summed E-state index contributed by atoms with van der Waals surface area (Å²) in [7, 11) is 3.20. The Morgan fingerprint density at radius 2 is 1.87 bits per heavy atom. The minimum atomic E-state index is 0.510. The van der Waals surface area contributed by atoms with E-state index in [-0.39, 0.29) is 0 Å². The lowest BCUT2D eigenvalue weighted by Crippen LogP contribution is -2.21. The number of ether oxygens (including phenoxy) is 2. The van der Waals surface area contributed by atoms with Gasteiger partial charge in [-0.2, -0.15) is 4.98 Å². The van der Waals surface area contributed by atoms with Crippen LogP contribution >= 0.6 is 11.3 Å². The first-order chi connectivity index (χ1) is 14.6. The van der Waals surface area contributed by atoms with E-state index in [4.69, 9.17) is 18.4 Å². The minimum absolute atomic E-state index is 0.510. The van der Waals surface area contributed by atoms with E-state index in [0.29, 0.717) is 36.3 Å². The van der Waals surface area contributed by atoms with Gasteiger partial charge in [-0.15, -0.1) is 11.3 Å². The van der Waals surface area contributed by atoms with Crippen molar-refractivity contribution in [1.82, 2.24) is 15.0 Å². The number of hydrogen-bond acceptors (Lipinski definition) is 8. The second-order valence-corrected chi connectivity index (χ2v) is 8.19. The fraction of sp³-hybridized carbons (Fsp3) is 0.273. The molecule has 0 spiro atoms. The molecule has 30 heavy (non-hydrogen) atoms. The van der Waals surface area contributed by atoms with Crippen LogP contribution in [0.1, 0.15) is 21.4 Å². The van der Waals surface area contributed by atoms with Crippen LogP contribution in [0.15, 0.2) is 57.7 Å². The lowest BCUT2D eigenvalue weighted by molar-refractivity contribution is 0.198. The van der Waals surface area contributed by atoms with E-state index in [1.807, 2.05) is 30.3 Å². The molecule has 0 amide bonds. The van der Waals surface area contributed by atoms with Gasteiger partial charge < -0.3 is 18.4 Å². The van der Waals surface area contributed by atoms with Gasteiger partial charge in [-0.3, -0.25) is 4.90 Å². The molecule has 8 heteroatoms. The molecule has 0 fully saturated rings. The Hall–Kier alpha value is -3.10. The molecule has 156 valence electrons. The number of furan rings is 1. The van der Waals surface area contributed by atoms with Crippen LogP contribution in [0.5, 0.6) is 11.5 Å². The van der Waals surface area contributed by atoms with Crippen LogP contribution in [-0.2, 0) is 19.6 Å². The zero-order chi connectivity index (χ0) is 20.9. The van der Waals surface area contributed by atoms with Gasteiger partial charge in [0, 0.05) is 21.9 Å². The summed E-state index contributed by atoms with van der Waals surface area (Å²) in [5, 5.41) is 4.15. The van der Waals surface area contributed by atoms with Crippen LogP contribution in [0.25, 0.3) is 11.4 Å². The lowest BCUT2D eigenvalue weighted by Gasteiger charge is -2.18. The number of methoxy groups -OCH3 is 2. The molecule has 3 heterocycles. The van der Waals surface area contributed by atoms with Crippen LogP contribution in [0.4, 0.5) is 0 Å². The molecule has 0 N–H and O–H groups in total. The third-order valence-electron chi connectivity index (χ3n) is 4.60. The maximum absolute atomic E-state index is 5.54. The highest BCUT2D eigenvalue weighted by Crippen LogP contribution is 2.31. The van der Waals surface area contributed by atoms with Crippen molar-refractivity contribution in [3.05, 3.63) is 70.1 Å². The molecule has 4 aromatic rings. The quantitative estimate of drug-likeness (QED) is 0.377. The Morgan fingerprint density at radius 3 is 2.57 bits per heavy atom. The largest absolute Gasteiger partial charge is 0.493 e. The Balaban J connectivity index is 1.52. The Labute approximate surface area is 178 Å². The molecule has 0 radical (unpaired) electrons. The van der Waals surface area contributed by atoms with Crippen LogP contribution in [0, 0.1) is 6.92 Å². The summed E-state index contributed by atoms with van der Waals surface area (Å²) in [5.41, 5.74) is 0.800. The third-order valence-corrected chi connectivity index (χ3v) is 5.59. The predicted octanol–water partition coefficient (Wildman–Crippen LogP) is 4.92. The Morgan fingerprint density at radius 1 is 1.00 bits per heavy atom. The molecule has 0 bridgehead atoms. The smallest absolute Gasteiger partial charge is 0.241 e. The average Bonchev–Trinajstić information content (AvgIpc) is 3.51. The van der Waals surface area contributed by atoms with Gasteiger partial charge in [-0.05, 0) is 49.4 Å². The zero-order valence-electron chi connectivity index (χ0n) is 17.1. The normalized spacial score (nSPS) is 11.2. The van der Waals surface area contributed by atoms with Crippen molar-refractivity contribution in [3.63, 3.8) is 0 Å². The monoisotopic (exact) mass is 425 g/mol. The maximum Gasteiger partial charge on any atom is 0.241 e. The summed E-state index contributed by atoms with van der Waals surface area (Å²) in [6.45, 7) is 4.04. The van der Waals surface area contributed by atoms with Gasteiger partial charge in [0.1, 0.15) is 5.76 Å². The topological polar surface area (TPSA) is 73.8 Å². The molecule has 0 saturated heterocycles. The summed E-state index contributed by atoms with van der Waals surface area (Å²) in [6.07, 6.45) is 1.69. The Bertz CT molecular complexity index is 1090. The van der Waals surface area contributed by atoms with Crippen molar-refractivity contribution in [2.24, 2.45) is 0 Å². The van der Waals surface area contributed by atoms with E-state index in [1.54, 1.807) is 31.8 Å². The van der Waals surface area contributed by atoms with E-state index in [2.05, 4.69) is 34.1 Å². The number of aromatic nitrogens is 2. The van der Waals surface area contributed by atoms with Crippen molar-refractivity contribution in [3.8, 4) is 22.9 Å². The van der Waals surface area contributed by atoms with Gasteiger partial charge in [0.2, 0.25) is 11.7 Å². The van der Waals surface area contributed by atoms with Gasteiger partial charge in [-0.1, -0.05) is 5.16 Å². The summed E-state index contributed by atoms with van der Waals surface area (Å²) in [5.74, 6) is 3.22. The predicted molar refractivity (Wildman–Crippen MR) is 114 cm³/mol. The number of aryl methyl sites for hydroxylation is 1. The van der Waals surface area contributed by atoms with Crippen LogP contribution in [0.3, 0.4) is 0 Å². The Kier molecular flexibility index (Phi) is 6.15. The molecular weight excluding hydrogens is 402 g/mol. The van der Waals surface area contributed by atoms with Crippen molar-refractivity contribution < 1.29 is 18.4 Å². The summed E-state index contributed by atoms with van der Waals surface area (Å²) in [4.78, 5) is 9.37. The summed E-state index contributed by atoms with van der Waals surface area (Å²) in [6, 6.07) is 13.7. The van der Waals surface area contributed by atoms with Gasteiger partial charge in [0.05, 0.1) is 33.6 Å². The van der Waals surface area contributed by atoms with Crippen molar-refractivity contribution in [2.75, 3.05) is 14.2 Å². The first-order valence-corrected chi connectivity index (χ1v) is 10.3. The number of benzene rings is 1. The zero-order valence-corrected chi connectivity index (χ0v) is 17.9. The van der Waals surface area contributed by atoms with Crippen molar-refractivity contribution in [1.29, 1.82) is 0 Å². The molecule has 4 rings (SSSR count). The molecule has 0 saturated carbocycles. The van der Waals surface area contributed by atoms with Crippen LogP contribution in [-0.4, -0.2) is 29.3 Å².